The van der Waals surface area contributed by atoms with Crippen LogP contribution in [0.4, 0.5) is 0 Å². The van der Waals surface area contributed by atoms with Crippen LogP contribution in [0, 0.1) is 10.1 Å². The number of allylic oxidation sites excluding steroid dienone is 2. The number of aliphatic hydroxyl groups is 1. The van der Waals surface area contributed by atoms with Crippen molar-refractivity contribution in [2.45, 2.75) is 6.23 Å². The smallest absolute Gasteiger partial charge is 0.295 e. The average Bonchev–Trinajstić information content (AvgIpc) is 2.29. The molecule has 1 atom stereocenters. The van der Waals surface area contributed by atoms with Crippen LogP contribution in [0.25, 0.3) is 5.70 Å². The molecule has 1 aliphatic rings. The van der Waals surface area contributed by atoms with Crippen molar-refractivity contribution in [3.63, 3.8) is 0 Å². The predicted molar refractivity (Wildman–Crippen MR) is 58.6 cm³/mol. The van der Waals surface area contributed by atoms with Gasteiger partial charge in [0.1, 0.15) is 0 Å². The molecule has 0 fully saturated rings. The van der Waals surface area contributed by atoms with E-state index in [-0.39, 0.29) is 5.70 Å². The van der Waals surface area contributed by atoms with Crippen LogP contribution in [0.15, 0.2) is 48.2 Å². The Hall–Kier alpha value is -2.14. The number of dihydropyridines is 1. The van der Waals surface area contributed by atoms with Crippen LogP contribution >= 0.6 is 0 Å². The van der Waals surface area contributed by atoms with Gasteiger partial charge >= 0.3 is 0 Å². The molecule has 0 saturated heterocycles. The van der Waals surface area contributed by atoms with Crippen molar-refractivity contribution in [2.75, 3.05) is 0 Å². The van der Waals surface area contributed by atoms with Crippen LogP contribution < -0.4 is 5.32 Å². The van der Waals surface area contributed by atoms with E-state index in [0.717, 1.165) is 5.56 Å². The molecule has 1 heterocycles. The SMILES string of the molecule is O=[N+]([O-])C1=CC=C(c2ccccc2)NC1O. The van der Waals surface area contributed by atoms with Crippen LogP contribution in [-0.4, -0.2) is 16.3 Å². The molecule has 0 spiro atoms. The number of nitrogens with one attached hydrogen (secondary N) is 1. The van der Waals surface area contributed by atoms with Gasteiger partial charge in [0, 0.05) is 11.8 Å². The van der Waals surface area contributed by atoms with Crippen molar-refractivity contribution in [2.24, 2.45) is 0 Å². The number of rotatable bonds is 2. The first-order chi connectivity index (χ1) is 7.68. The van der Waals surface area contributed by atoms with E-state index in [4.69, 9.17) is 0 Å². The predicted octanol–water partition coefficient (Wildman–Crippen LogP) is 1.11. The van der Waals surface area contributed by atoms with Gasteiger partial charge in [-0.1, -0.05) is 30.3 Å². The topological polar surface area (TPSA) is 75.4 Å². The number of benzene rings is 1. The lowest BCUT2D eigenvalue weighted by Crippen LogP contribution is -2.34. The van der Waals surface area contributed by atoms with Gasteiger partial charge in [-0.2, -0.15) is 0 Å². The molecular weight excluding hydrogens is 208 g/mol. The van der Waals surface area contributed by atoms with Crippen LogP contribution in [0.3, 0.4) is 0 Å². The Balaban J connectivity index is 2.31. The zero-order chi connectivity index (χ0) is 11.5. The second-order valence-corrected chi connectivity index (χ2v) is 3.34. The molecule has 16 heavy (non-hydrogen) atoms. The standard InChI is InChI=1S/C11H10N2O3/c14-11-10(13(15)16)7-6-9(12-11)8-4-2-1-3-5-8/h1-7,11-12,14H. The maximum Gasteiger partial charge on any atom is 0.295 e. The highest BCUT2D eigenvalue weighted by atomic mass is 16.6. The molecule has 82 valence electrons. The molecule has 0 bridgehead atoms. The van der Waals surface area contributed by atoms with Crippen LogP contribution in [0.5, 0.6) is 0 Å². The molecule has 1 aromatic carbocycles. The quantitative estimate of drug-likeness (QED) is 0.576. The summed E-state index contributed by atoms with van der Waals surface area (Å²) in [5.41, 5.74) is 1.29. The summed E-state index contributed by atoms with van der Waals surface area (Å²) in [6.07, 6.45) is 1.62. The fraction of sp³-hybridized carbons (Fsp3) is 0.0909. The molecule has 2 N–H and O–H groups in total. The van der Waals surface area contributed by atoms with E-state index in [1.54, 1.807) is 6.08 Å². The number of nitro groups is 1. The number of hydrogen-bond acceptors (Lipinski definition) is 4. The highest BCUT2D eigenvalue weighted by Crippen LogP contribution is 2.18. The molecule has 5 nitrogen and oxygen atoms in total. The third-order valence-corrected chi connectivity index (χ3v) is 2.29. The number of nitrogens with zero attached hydrogens (tertiary/aromatic N) is 1. The van der Waals surface area contributed by atoms with Crippen molar-refractivity contribution in [1.82, 2.24) is 5.32 Å². The minimum Gasteiger partial charge on any atom is -0.364 e. The zero-order valence-corrected chi connectivity index (χ0v) is 8.33. The van der Waals surface area contributed by atoms with Gasteiger partial charge in [0.15, 0.2) is 0 Å². The molecule has 1 aliphatic heterocycles. The third kappa shape index (κ3) is 1.94. The van der Waals surface area contributed by atoms with E-state index in [1.165, 1.54) is 6.08 Å². The Labute approximate surface area is 91.9 Å². The van der Waals surface area contributed by atoms with Gasteiger partial charge in [-0.05, 0) is 11.6 Å². The second-order valence-electron chi connectivity index (χ2n) is 3.34. The lowest BCUT2D eigenvalue weighted by molar-refractivity contribution is -0.437. The molecule has 0 radical (unpaired) electrons. The first-order valence-electron chi connectivity index (χ1n) is 4.75. The Kier molecular flexibility index (Phi) is 2.70. The molecule has 2 rings (SSSR count). The Morgan fingerprint density at radius 1 is 1.25 bits per heavy atom. The summed E-state index contributed by atoms with van der Waals surface area (Å²) in [7, 11) is 0. The first kappa shape index (κ1) is 10.4. The van der Waals surface area contributed by atoms with Gasteiger partial charge in [0.25, 0.3) is 5.70 Å². The summed E-state index contributed by atoms with van der Waals surface area (Å²) < 4.78 is 0. The summed E-state index contributed by atoms with van der Waals surface area (Å²) in [6.45, 7) is 0. The number of aliphatic hydroxyl groups excluding tert-OH is 1. The van der Waals surface area contributed by atoms with Gasteiger partial charge in [0.2, 0.25) is 6.23 Å². The van der Waals surface area contributed by atoms with Crippen molar-refractivity contribution in [1.29, 1.82) is 0 Å². The lowest BCUT2D eigenvalue weighted by Gasteiger charge is -2.18. The Bertz CT molecular complexity index is 465. The lowest BCUT2D eigenvalue weighted by atomic mass is 10.1. The summed E-state index contributed by atoms with van der Waals surface area (Å²) in [5, 5.41) is 22.7. The third-order valence-electron chi connectivity index (χ3n) is 2.29. The van der Waals surface area contributed by atoms with E-state index < -0.39 is 11.2 Å². The molecule has 1 aromatic rings. The monoisotopic (exact) mass is 218 g/mol. The minimum atomic E-state index is -1.27. The van der Waals surface area contributed by atoms with Crippen LogP contribution in [0.2, 0.25) is 0 Å². The molecule has 1 unspecified atom stereocenters. The van der Waals surface area contributed by atoms with E-state index in [2.05, 4.69) is 5.32 Å². The van der Waals surface area contributed by atoms with Crippen LogP contribution in [0.1, 0.15) is 5.56 Å². The Morgan fingerprint density at radius 3 is 2.50 bits per heavy atom. The molecule has 0 amide bonds. The summed E-state index contributed by atoms with van der Waals surface area (Å²) in [5.74, 6) is 0. The van der Waals surface area contributed by atoms with E-state index in [0.29, 0.717) is 5.70 Å². The van der Waals surface area contributed by atoms with E-state index in [9.17, 15) is 15.2 Å². The van der Waals surface area contributed by atoms with E-state index in [1.807, 2.05) is 30.3 Å². The highest BCUT2D eigenvalue weighted by Gasteiger charge is 2.25. The van der Waals surface area contributed by atoms with Gasteiger partial charge < -0.3 is 10.4 Å². The first-order valence-corrected chi connectivity index (χ1v) is 4.75. The second kappa shape index (κ2) is 4.16. The van der Waals surface area contributed by atoms with Crippen molar-refractivity contribution >= 4 is 5.70 Å². The molecule has 5 heteroatoms. The molecule has 0 aliphatic carbocycles. The van der Waals surface area contributed by atoms with Crippen LogP contribution in [-0.2, 0) is 0 Å². The maximum absolute atomic E-state index is 10.5. The number of hydrogen-bond donors (Lipinski definition) is 2. The Morgan fingerprint density at radius 2 is 1.94 bits per heavy atom. The van der Waals surface area contributed by atoms with Crippen molar-refractivity contribution in [3.05, 3.63) is 63.9 Å². The summed E-state index contributed by atoms with van der Waals surface area (Å²) in [4.78, 5) is 9.91. The minimum absolute atomic E-state index is 0.250. The molecule has 0 aromatic heterocycles. The fourth-order valence-electron chi connectivity index (χ4n) is 1.49. The van der Waals surface area contributed by atoms with Gasteiger partial charge in [-0.25, -0.2) is 0 Å². The zero-order valence-electron chi connectivity index (χ0n) is 8.33. The fourth-order valence-corrected chi connectivity index (χ4v) is 1.49. The van der Waals surface area contributed by atoms with Gasteiger partial charge in [-0.15, -0.1) is 0 Å². The molecular formula is C11H10N2O3. The van der Waals surface area contributed by atoms with Crippen molar-refractivity contribution < 1.29 is 10.0 Å². The molecule has 0 saturated carbocycles. The highest BCUT2D eigenvalue weighted by molar-refractivity contribution is 5.67. The van der Waals surface area contributed by atoms with Gasteiger partial charge in [-0.3, -0.25) is 10.1 Å². The summed E-state index contributed by atoms with van der Waals surface area (Å²) >= 11 is 0. The average molecular weight is 218 g/mol. The largest absolute Gasteiger partial charge is 0.364 e. The van der Waals surface area contributed by atoms with E-state index >= 15 is 0 Å². The van der Waals surface area contributed by atoms with Crippen molar-refractivity contribution in [3.8, 4) is 0 Å². The summed E-state index contributed by atoms with van der Waals surface area (Å²) in [6, 6.07) is 9.31. The van der Waals surface area contributed by atoms with Gasteiger partial charge in [0.05, 0.1) is 4.92 Å². The maximum atomic E-state index is 10.5. The normalized spacial score (nSPS) is 19.4.